The lowest BCUT2D eigenvalue weighted by Crippen LogP contribution is -2.03. The Hall–Kier alpha value is -2.50. The lowest BCUT2D eigenvalue weighted by molar-refractivity contribution is -0.384. The van der Waals surface area contributed by atoms with Crippen molar-refractivity contribution in [1.29, 1.82) is 0 Å². The molecular weight excluding hydrogens is 316 g/mol. The Morgan fingerprint density at radius 3 is 2.57 bits per heavy atom. The first-order valence-corrected chi connectivity index (χ1v) is 7.38. The van der Waals surface area contributed by atoms with Crippen molar-refractivity contribution in [2.24, 2.45) is 0 Å². The number of hydrogen-bond donors (Lipinski definition) is 1. The predicted molar refractivity (Wildman–Crippen MR) is 88.5 cm³/mol. The van der Waals surface area contributed by atoms with Gasteiger partial charge in [-0.1, -0.05) is 17.7 Å². The lowest BCUT2D eigenvalue weighted by Gasteiger charge is -2.11. The molecule has 1 aromatic heterocycles. The van der Waals surface area contributed by atoms with Crippen LogP contribution in [0.5, 0.6) is 0 Å². The molecule has 0 fully saturated rings. The second kappa shape index (κ2) is 6.32. The van der Waals surface area contributed by atoms with E-state index in [0.717, 1.165) is 16.6 Å². The summed E-state index contributed by atoms with van der Waals surface area (Å²) < 4.78 is 0. The van der Waals surface area contributed by atoms with Crippen molar-refractivity contribution in [2.45, 2.75) is 12.5 Å². The molecule has 1 unspecified atom stereocenters. The molecule has 0 amide bonds. The first-order chi connectivity index (χ1) is 11.0. The molecule has 1 atom stereocenters. The Morgan fingerprint density at radius 1 is 1.13 bits per heavy atom. The van der Waals surface area contributed by atoms with Crippen LogP contribution >= 0.6 is 11.6 Å². The summed E-state index contributed by atoms with van der Waals surface area (Å²) in [5, 5.41) is 22.5. The third kappa shape index (κ3) is 3.47. The summed E-state index contributed by atoms with van der Waals surface area (Å²) in [5.74, 6) is 0. The van der Waals surface area contributed by atoms with Crippen molar-refractivity contribution in [3.8, 4) is 0 Å². The van der Waals surface area contributed by atoms with Crippen LogP contribution in [0.15, 0.2) is 54.6 Å². The molecule has 3 aromatic rings. The SMILES string of the molecule is O=[N+]([O-])c1ccc(C(O)Cc2ccc3cc(Cl)ccc3n2)cc1. The first-order valence-electron chi connectivity index (χ1n) is 7.00. The third-order valence-electron chi connectivity index (χ3n) is 3.60. The molecule has 116 valence electrons. The van der Waals surface area contributed by atoms with Gasteiger partial charge in [0.1, 0.15) is 0 Å². The minimum atomic E-state index is -0.770. The average molecular weight is 329 g/mol. The fourth-order valence-electron chi connectivity index (χ4n) is 2.39. The normalized spacial score (nSPS) is 12.3. The number of benzene rings is 2. The molecule has 0 bridgehead atoms. The molecule has 23 heavy (non-hydrogen) atoms. The Morgan fingerprint density at radius 2 is 1.87 bits per heavy atom. The van der Waals surface area contributed by atoms with E-state index in [1.807, 2.05) is 24.3 Å². The Balaban J connectivity index is 1.80. The summed E-state index contributed by atoms with van der Waals surface area (Å²) in [4.78, 5) is 14.7. The van der Waals surface area contributed by atoms with Crippen molar-refractivity contribution >= 4 is 28.2 Å². The van der Waals surface area contributed by atoms with Crippen LogP contribution in [0.4, 0.5) is 5.69 Å². The monoisotopic (exact) mass is 328 g/mol. The predicted octanol–water partition coefficient (Wildman–Crippen LogP) is 4.07. The minimum Gasteiger partial charge on any atom is -0.388 e. The standard InChI is InChI=1S/C17H13ClN2O3/c18-13-4-8-16-12(9-13)1-5-14(19-16)10-17(21)11-2-6-15(7-3-11)20(22)23/h1-9,17,21H,10H2. The van der Waals surface area contributed by atoms with Crippen molar-refractivity contribution < 1.29 is 10.0 Å². The highest BCUT2D eigenvalue weighted by Crippen LogP contribution is 2.23. The first kappa shape index (κ1) is 15.4. The molecule has 3 rings (SSSR count). The van der Waals surface area contributed by atoms with E-state index >= 15 is 0 Å². The van der Waals surface area contributed by atoms with Crippen molar-refractivity contribution in [3.63, 3.8) is 0 Å². The van der Waals surface area contributed by atoms with Crippen LogP contribution in [-0.2, 0) is 6.42 Å². The van der Waals surface area contributed by atoms with E-state index < -0.39 is 11.0 Å². The Labute approximate surface area is 137 Å². The molecule has 0 saturated heterocycles. The lowest BCUT2D eigenvalue weighted by atomic mass is 10.0. The number of fused-ring (bicyclic) bond motifs is 1. The van der Waals surface area contributed by atoms with E-state index in [0.29, 0.717) is 17.0 Å². The minimum absolute atomic E-state index is 0.00154. The largest absolute Gasteiger partial charge is 0.388 e. The van der Waals surface area contributed by atoms with Gasteiger partial charge in [0.2, 0.25) is 0 Å². The van der Waals surface area contributed by atoms with Crippen molar-refractivity contribution in [3.05, 3.63) is 81.0 Å². The van der Waals surface area contributed by atoms with E-state index in [9.17, 15) is 15.2 Å². The van der Waals surface area contributed by atoms with Gasteiger partial charge in [-0.2, -0.15) is 0 Å². The maximum atomic E-state index is 10.6. The fourth-order valence-corrected chi connectivity index (χ4v) is 2.57. The second-order valence-corrected chi connectivity index (χ2v) is 5.64. The van der Waals surface area contributed by atoms with Gasteiger partial charge in [-0.25, -0.2) is 0 Å². The molecule has 2 aromatic carbocycles. The van der Waals surface area contributed by atoms with Crippen LogP contribution < -0.4 is 0 Å². The third-order valence-corrected chi connectivity index (χ3v) is 3.84. The molecule has 6 heteroatoms. The van der Waals surface area contributed by atoms with Gasteiger partial charge >= 0.3 is 0 Å². The van der Waals surface area contributed by atoms with Gasteiger partial charge in [0.05, 0.1) is 16.5 Å². The molecule has 0 saturated carbocycles. The number of hydrogen-bond acceptors (Lipinski definition) is 4. The number of pyridine rings is 1. The number of non-ortho nitro benzene ring substituents is 1. The molecule has 5 nitrogen and oxygen atoms in total. The smallest absolute Gasteiger partial charge is 0.269 e. The molecule has 0 radical (unpaired) electrons. The molecule has 0 aliphatic carbocycles. The fraction of sp³-hybridized carbons (Fsp3) is 0.118. The molecule has 1 N–H and O–H groups in total. The maximum Gasteiger partial charge on any atom is 0.269 e. The van der Waals surface area contributed by atoms with E-state index in [1.165, 1.54) is 12.1 Å². The number of halogens is 1. The van der Waals surface area contributed by atoms with Crippen LogP contribution in [0.25, 0.3) is 10.9 Å². The quantitative estimate of drug-likeness (QED) is 0.578. The second-order valence-electron chi connectivity index (χ2n) is 5.21. The summed E-state index contributed by atoms with van der Waals surface area (Å²) in [6.07, 6.45) is -0.441. The summed E-state index contributed by atoms with van der Waals surface area (Å²) in [5.41, 5.74) is 2.17. The number of nitrogens with zero attached hydrogens (tertiary/aromatic N) is 2. The van der Waals surface area contributed by atoms with E-state index in [2.05, 4.69) is 4.98 Å². The molecular formula is C17H13ClN2O3. The van der Waals surface area contributed by atoms with Crippen LogP contribution in [0.3, 0.4) is 0 Å². The van der Waals surface area contributed by atoms with Gasteiger partial charge in [-0.05, 0) is 42.0 Å². The maximum absolute atomic E-state index is 10.6. The van der Waals surface area contributed by atoms with Gasteiger partial charge in [0, 0.05) is 34.7 Å². The van der Waals surface area contributed by atoms with Crippen LogP contribution in [0, 0.1) is 10.1 Å². The molecule has 0 aliphatic rings. The zero-order valence-electron chi connectivity index (χ0n) is 12.0. The summed E-state index contributed by atoms with van der Waals surface area (Å²) >= 11 is 5.94. The molecule has 0 aliphatic heterocycles. The summed E-state index contributed by atoms with van der Waals surface area (Å²) in [6, 6.07) is 15.1. The number of rotatable bonds is 4. The Bertz CT molecular complexity index is 865. The van der Waals surface area contributed by atoms with Crippen molar-refractivity contribution in [1.82, 2.24) is 4.98 Å². The number of nitro groups is 1. The highest BCUT2D eigenvalue weighted by molar-refractivity contribution is 6.31. The van der Waals surface area contributed by atoms with E-state index in [-0.39, 0.29) is 5.69 Å². The number of aliphatic hydroxyl groups excluding tert-OH is 1. The highest BCUT2D eigenvalue weighted by Gasteiger charge is 2.12. The van der Waals surface area contributed by atoms with Gasteiger partial charge < -0.3 is 5.11 Å². The van der Waals surface area contributed by atoms with Gasteiger partial charge in [0.15, 0.2) is 0 Å². The van der Waals surface area contributed by atoms with Gasteiger partial charge in [-0.3, -0.25) is 15.1 Å². The molecule has 1 heterocycles. The van der Waals surface area contributed by atoms with Crippen LogP contribution in [0.2, 0.25) is 5.02 Å². The van der Waals surface area contributed by atoms with E-state index in [1.54, 1.807) is 18.2 Å². The van der Waals surface area contributed by atoms with Crippen LogP contribution in [-0.4, -0.2) is 15.0 Å². The van der Waals surface area contributed by atoms with Gasteiger partial charge in [0.25, 0.3) is 5.69 Å². The van der Waals surface area contributed by atoms with E-state index in [4.69, 9.17) is 11.6 Å². The zero-order chi connectivity index (χ0) is 16.4. The topological polar surface area (TPSA) is 76.3 Å². The van der Waals surface area contributed by atoms with Crippen molar-refractivity contribution in [2.75, 3.05) is 0 Å². The number of nitro benzene ring substituents is 1. The summed E-state index contributed by atoms with van der Waals surface area (Å²) in [6.45, 7) is 0. The van der Waals surface area contributed by atoms with Crippen LogP contribution in [0.1, 0.15) is 17.4 Å². The number of aliphatic hydroxyl groups is 1. The van der Waals surface area contributed by atoms with Gasteiger partial charge in [-0.15, -0.1) is 0 Å². The molecule has 0 spiro atoms. The summed E-state index contributed by atoms with van der Waals surface area (Å²) in [7, 11) is 0. The highest BCUT2D eigenvalue weighted by atomic mass is 35.5. The number of aromatic nitrogens is 1. The average Bonchev–Trinajstić information content (AvgIpc) is 2.55. The Kier molecular flexibility index (Phi) is 4.23. The zero-order valence-corrected chi connectivity index (χ0v) is 12.8.